The van der Waals surface area contributed by atoms with E-state index in [-0.39, 0.29) is 0 Å². The molecule has 0 bridgehead atoms. The monoisotopic (exact) mass is 292 g/mol. The van der Waals surface area contributed by atoms with Crippen LogP contribution >= 0.6 is 0 Å². The average Bonchev–Trinajstić information content (AvgIpc) is 3.08. The van der Waals surface area contributed by atoms with Crippen molar-refractivity contribution in [2.45, 2.75) is 37.6 Å². The molecule has 0 aromatic carbocycles. The topological polar surface area (TPSA) is 54.6 Å². The maximum Gasteiger partial charge on any atom is 0.229 e. The Morgan fingerprint density at radius 2 is 1.90 bits per heavy atom. The molecule has 1 aliphatic carbocycles. The normalized spacial score (nSPS) is 28.3. The Balaban J connectivity index is 1.35. The fourth-order valence-corrected chi connectivity index (χ4v) is 3.36. The van der Waals surface area contributed by atoms with Crippen LogP contribution in [0, 0.1) is 0 Å². The molecule has 116 valence electrons. The highest BCUT2D eigenvalue weighted by atomic mass is 16.5. The number of hydrogen-bond acceptors (Lipinski definition) is 6. The van der Waals surface area contributed by atoms with Gasteiger partial charge in [0.15, 0.2) is 5.82 Å². The molecule has 1 aromatic rings. The maximum absolute atomic E-state index is 5.43. The van der Waals surface area contributed by atoms with Crippen molar-refractivity contribution in [2.24, 2.45) is 0 Å². The van der Waals surface area contributed by atoms with E-state index in [9.17, 15) is 0 Å². The summed E-state index contributed by atoms with van der Waals surface area (Å²) >= 11 is 0. The molecule has 3 fully saturated rings. The van der Waals surface area contributed by atoms with Gasteiger partial charge in [0.1, 0.15) is 0 Å². The largest absolute Gasteiger partial charge is 0.379 e. The third-order valence-electron chi connectivity index (χ3n) is 4.85. The van der Waals surface area contributed by atoms with Crippen LogP contribution in [0.15, 0.2) is 4.52 Å². The lowest BCUT2D eigenvalue weighted by Crippen LogP contribution is -2.41. The van der Waals surface area contributed by atoms with Gasteiger partial charge in [0.25, 0.3) is 0 Å². The molecule has 4 rings (SSSR count). The summed E-state index contributed by atoms with van der Waals surface area (Å²) in [6, 6.07) is 0.363. The molecule has 1 saturated carbocycles. The van der Waals surface area contributed by atoms with Gasteiger partial charge in [-0.2, -0.15) is 4.98 Å². The fraction of sp³-hybridized carbons (Fsp3) is 0.867. The first kappa shape index (κ1) is 13.7. The lowest BCUT2D eigenvalue weighted by Gasteiger charge is -2.30. The number of rotatable bonds is 5. The van der Waals surface area contributed by atoms with E-state index < -0.39 is 0 Å². The lowest BCUT2D eigenvalue weighted by atomic mass is 10.2. The molecular weight excluding hydrogens is 268 g/mol. The summed E-state index contributed by atoms with van der Waals surface area (Å²) in [5.74, 6) is 2.33. The van der Waals surface area contributed by atoms with Crippen LogP contribution < -0.4 is 0 Å². The standard InChI is InChI=1S/C15H24N4O2/c1-2-13(14-16-15(21-17-14)12-3-4-12)19(5-1)7-6-18-8-10-20-11-9-18/h12-13H,1-11H2/t13-/m1/s1. The van der Waals surface area contributed by atoms with Crippen molar-refractivity contribution >= 4 is 0 Å². The number of nitrogens with zero attached hydrogens (tertiary/aromatic N) is 4. The van der Waals surface area contributed by atoms with Crippen molar-refractivity contribution in [2.75, 3.05) is 45.9 Å². The van der Waals surface area contributed by atoms with E-state index >= 15 is 0 Å². The van der Waals surface area contributed by atoms with Gasteiger partial charge in [0.05, 0.1) is 19.3 Å². The van der Waals surface area contributed by atoms with E-state index in [1.807, 2.05) is 0 Å². The van der Waals surface area contributed by atoms with E-state index in [0.29, 0.717) is 12.0 Å². The first-order valence-corrected chi connectivity index (χ1v) is 8.28. The lowest BCUT2D eigenvalue weighted by molar-refractivity contribution is 0.0324. The van der Waals surface area contributed by atoms with Gasteiger partial charge < -0.3 is 9.26 Å². The molecule has 6 nitrogen and oxygen atoms in total. The van der Waals surface area contributed by atoms with Crippen molar-refractivity contribution in [3.05, 3.63) is 11.7 Å². The Bertz CT molecular complexity index is 468. The van der Waals surface area contributed by atoms with Gasteiger partial charge in [-0.1, -0.05) is 5.16 Å². The van der Waals surface area contributed by atoms with E-state index in [1.54, 1.807) is 0 Å². The van der Waals surface area contributed by atoms with Crippen LogP contribution in [-0.4, -0.2) is 65.9 Å². The maximum atomic E-state index is 5.43. The molecule has 2 aliphatic heterocycles. The Kier molecular flexibility index (Phi) is 3.92. The van der Waals surface area contributed by atoms with Gasteiger partial charge in [-0.15, -0.1) is 0 Å². The molecule has 0 spiro atoms. The zero-order valence-electron chi connectivity index (χ0n) is 12.5. The van der Waals surface area contributed by atoms with Gasteiger partial charge in [-0.25, -0.2) is 0 Å². The summed E-state index contributed by atoms with van der Waals surface area (Å²) in [6.07, 6.45) is 4.83. The second kappa shape index (κ2) is 6.02. The number of morpholine rings is 1. The molecule has 21 heavy (non-hydrogen) atoms. The van der Waals surface area contributed by atoms with Gasteiger partial charge in [0, 0.05) is 32.1 Å². The molecule has 0 radical (unpaired) electrons. The van der Waals surface area contributed by atoms with Crippen molar-refractivity contribution in [1.29, 1.82) is 0 Å². The van der Waals surface area contributed by atoms with Crippen molar-refractivity contribution in [3.8, 4) is 0 Å². The molecule has 0 N–H and O–H groups in total. The van der Waals surface area contributed by atoms with Crippen LogP contribution in [-0.2, 0) is 4.74 Å². The van der Waals surface area contributed by atoms with Gasteiger partial charge >= 0.3 is 0 Å². The molecule has 1 aromatic heterocycles. The van der Waals surface area contributed by atoms with Crippen LogP contribution in [0.2, 0.25) is 0 Å². The molecule has 3 heterocycles. The van der Waals surface area contributed by atoms with Gasteiger partial charge in [-0.05, 0) is 32.2 Å². The summed E-state index contributed by atoms with van der Waals surface area (Å²) in [5, 5.41) is 4.24. The number of hydrogen-bond donors (Lipinski definition) is 0. The SMILES string of the molecule is C1C[C@H](c2noc(C3CC3)n2)N(CCN2CCOCC2)C1. The van der Waals surface area contributed by atoms with Crippen molar-refractivity contribution < 1.29 is 9.26 Å². The van der Waals surface area contributed by atoms with Crippen LogP contribution in [0.4, 0.5) is 0 Å². The van der Waals surface area contributed by atoms with Crippen LogP contribution in [0.1, 0.15) is 49.4 Å². The minimum absolute atomic E-state index is 0.363. The van der Waals surface area contributed by atoms with Crippen LogP contribution in [0.25, 0.3) is 0 Å². The Labute approximate surface area is 125 Å². The first-order valence-electron chi connectivity index (χ1n) is 8.28. The third kappa shape index (κ3) is 3.12. The Morgan fingerprint density at radius 1 is 1.05 bits per heavy atom. The highest BCUT2D eigenvalue weighted by Crippen LogP contribution is 2.40. The summed E-state index contributed by atoms with van der Waals surface area (Å²) in [5.41, 5.74) is 0. The zero-order valence-corrected chi connectivity index (χ0v) is 12.5. The van der Waals surface area contributed by atoms with Gasteiger partial charge in [0.2, 0.25) is 5.89 Å². The molecule has 1 atom stereocenters. The highest BCUT2D eigenvalue weighted by Gasteiger charge is 2.34. The van der Waals surface area contributed by atoms with E-state index in [1.165, 1.54) is 19.3 Å². The number of aromatic nitrogens is 2. The van der Waals surface area contributed by atoms with Crippen molar-refractivity contribution in [3.63, 3.8) is 0 Å². The summed E-state index contributed by atoms with van der Waals surface area (Å²) in [6.45, 7) is 7.24. The average molecular weight is 292 g/mol. The second-order valence-corrected chi connectivity index (χ2v) is 6.41. The van der Waals surface area contributed by atoms with Crippen LogP contribution in [0.3, 0.4) is 0 Å². The molecule has 2 saturated heterocycles. The third-order valence-corrected chi connectivity index (χ3v) is 4.85. The van der Waals surface area contributed by atoms with E-state index in [2.05, 4.69) is 19.9 Å². The molecule has 6 heteroatoms. The predicted molar refractivity (Wildman–Crippen MR) is 77.1 cm³/mol. The summed E-state index contributed by atoms with van der Waals surface area (Å²) in [7, 11) is 0. The molecular formula is C15H24N4O2. The fourth-order valence-electron chi connectivity index (χ4n) is 3.36. The minimum atomic E-state index is 0.363. The van der Waals surface area contributed by atoms with E-state index in [4.69, 9.17) is 9.26 Å². The second-order valence-electron chi connectivity index (χ2n) is 6.41. The minimum Gasteiger partial charge on any atom is -0.379 e. The highest BCUT2D eigenvalue weighted by molar-refractivity contribution is 5.05. The first-order chi connectivity index (χ1) is 10.4. The Hall–Kier alpha value is -0.980. The number of likely N-dealkylation sites (tertiary alicyclic amines) is 1. The molecule has 0 unspecified atom stereocenters. The number of ether oxygens (including phenoxy) is 1. The zero-order chi connectivity index (χ0) is 14.1. The smallest absolute Gasteiger partial charge is 0.229 e. The van der Waals surface area contributed by atoms with Crippen molar-refractivity contribution in [1.82, 2.24) is 19.9 Å². The molecule has 0 amide bonds. The van der Waals surface area contributed by atoms with Crippen LogP contribution in [0.5, 0.6) is 0 Å². The Morgan fingerprint density at radius 3 is 2.71 bits per heavy atom. The predicted octanol–water partition coefficient (Wildman–Crippen LogP) is 1.42. The molecule has 3 aliphatic rings. The summed E-state index contributed by atoms with van der Waals surface area (Å²) < 4.78 is 10.8. The van der Waals surface area contributed by atoms with Gasteiger partial charge in [-0.3, -0.25) is 9.80 Å². The van der Waals surface area contributed by atoms with E-state index in [0.717, 1.165) is 64.1 Å². The summed E-state index contributed by atoms with van der Waals surface area (Å²) in [4.78, 5) is 9.66. The quantitative estimate of drug-likeness (QED) is 0.818.